The average molecular weight is 434 g/mol. The Morgan fingerprint density at radius 2 is 2.03 bits per heavy atom. The number of aromatic nitrogens is 4. The van der Waals surface area contributed by atoms with Gasteiger partial charge in [0.05, 0.1) is 6.54 Å². The minimum atomic E-state index is -4.56. The van der Waals surface area contributed by atoms with E-state index in [0.717, 1.165) is 21.0 Å². The van der Waals surface area contributed by atoms with Crippen LogP contribution in [0.2, 0.25) is 0 Å². The number of H-pyrrole nitrogens is 1. The molecule has 0 aliphatic carbocycles. The molecule has 3 aromatic rings. The van der Waals surface area contributed by atoms with Crippen LogP contribution in [-0.2, 0) is 30.5 Å². The van der Waals surface area contributed by atoms with Crippen LogP contribution in [0.25, 0.3) is 10.9 Å². The third-order valence-electron chi connectivity index (χ3n) is 5.74. The van der Waals surface area contributed by atoms with Gasteiger partial charge in [0.1, 0.15) is 0 Å². The molecule has 0 fully saturated rings. The lowest BCUT2D eigenvalue weighted by atomic mass is 9.98. The van der Waals surface area contributed by atoms with Gasteiger partial charge in [0.15, 0.2) is 5.82 Å². The molecule has 7 nitrogen and oxygen atoms in total. The zero-order valence-corrected chi connectivity index (χ0v) is 17.4. The number of hydrogen-bond acceptors (Lipinski definition) is 4. The molecular weight excluding hydrogens is 409 g/mol. The maximum absolute atomic E-state index is 13.0. The number of hydrogen-bond donors (Lipinski definition) is 2. The van der Waals surface area contributed by atoms with Crippen molar-refractivity contribution in [2.75, 3.05) is 6.54 Å². The number of aromatic amines is 1. The molecule has 4 rings (SSSR count). The average Bonchev–Trinajstić information content (AvgIpc) is 3.31. The van der Waals surface area contributed by atoms with E-state index in [2.05, 4.69) is 41.2 Å². The van der Waals surface area contributed by atoms with E-state index in [-0.39, 0.29) is 37.8 Å². The first-order chi connectivity index (χ1) is 14.6. The number of nitrogens with zero attached hydrogens (tertiary/aromatic N) is 4. The van der Waals surface area contributed by atoms with Crippen molar-refractivity contribution in [3.63, 3.8) is 0 Å². The zero-order valence-electron chi connectivity index (χ0n) is 17.4. The van der Waals surface area contributed by atoms with Gasteiger partial charge in [-0.25, -0.2) is 0 Å². The number of benzene rings is 1. The Morgan fingerprint density at radius 3 is 2.74 bits per heavy atom. The van der Waals surface area contributed by atoms with Gasteiger partial charge >= 0.3 is 6.18 Å². The summed E-state index contributed by atoms with van der Waals surface area (Å²) in [7, 11) is 0. The van der Waals surface area contributed by atoms with E-state index >= 15 is 0 Å². The number of amides is 1. The standard InChI is InChI=1S/C21H25F3N6O/c1-12(2)13-3-4-17-16(8-13)14(10-26-17)7-15(25)9-19(31)29-5-6-30-18(11-29)27-28-20(30)21(22,23)24/h3-4,8,10,12,15,26H,5-7,9,11,25H2,1-2H3. The Kier molecular flexibility index (Phi) is 5.50. The van der Waals surface area contributed by atoms with Gasteiger partial charge in [-0.3, -0.25) is 4.79 Å². The second-order valence-corrected chi connectivity index (χ2v) is 8.35. The molecule has 1 aliphatic heterocycles. The summed E-state index contributed by atoms with van der Waals surface area (Å²) in [5.74, 6) is -0.677. The molecule has 2 aromatic heterocycles. The first-order valence-electron chi connectivity index (χ1n) is 10.3. The third kappa shape index (κ3) is 4.30. The van der Waals surface area contributed by atoms with E-state index in [1.807, 2.05) is 12.3 Å². The van der Waals surface area contributed by atoms with Crippen LogP contribution in [0.3, 0.4) is 0 Å². The monoisotopic (exact) mass is 434 g/mol. The van der Waals surface area contributed by atoms with Crippen molar-refractivity contribution in [3.8, 4) is 0 Å². The quantitative estimate of drug-likeness (QED) is 0.645. The topological polar surface area (TPSA) is 92.8 Å². The van der Waals surface area contributed by atoms with E-state index in [4.69, 9.17) is 5.73 Å². The van der Waals surface area contributed by atoms with Gasteiger partial charge in [-0.05, 0) is 35.6 Å². The van der Waals surface area contributed by atoms with Crippen molar-refractivity contribution in [3.05, 3.63) is 47.2 Å². The number of halogens is 3. The summed E-state index contributed by atoms with van der Waals surface area (Å²) in [6.07, 6.45) is -2.01. The van der Waals surface area contributed by atoms with Gasteiger partial charge in [-0.15, -0.1) is 10.2 Å². The van der Waals surface area contributed by atoms with Crippen LogP contribution in [0, 0.1) is 0 Å². The maximum Gasteiger partial charge on any atom is 0.451 e. The van der Waals surface area contributed by atoms with Crippen molar-refractivity contribution >= 4 is 16.8 Å². The Bertz CT molecular complexity index is 1100. The second kappa shape index (κ2) is 7.99. The number of carbonyl (C=O) groups is 1. The summed E-state index contributed by atoms with van der Waals surface area (Å²) in [5, 5.41) is 7.96. The van der Waals surface area contributed by atoms with Crippen LogP contribution in [0.4, 0.5) is 13.2 Å². The number of nitrogens with one attached hydrogen (secondary N) is 1. The van der Waals surface area contributed by atoms with Crippen LogP contribution in [0.15, 0.2) is 24.4 Å². The Morgan fingerprint density at radius 1 is 1.26 bits per heavy atom. The number of fused-ring (bicyclic) bond motifs is 2. The van der Waals surface area contributed by atoms with Crippen molar-refractivity contribution in [1.82, 2.24) is 24.6 Å². The molecule has 3 N–H and O–H groups in total. The molecule has 0 spiro atoms. The SMILES string of the molecule is CC(C)c1ccc2[nH]cc(CC(N)CC(=O)N3CCn4c(nnc4C(F)(F)F)C3)c2c1. The highest BCUT2D eigenvalue weighted by Gasteiger charge is 2.39. The van der Waals surface area contributed by atoms with Crippen LogP contribution < -0.4 is 5.73 Å². The lowest BCUT2D eigenvalue weighted by molar-refractivity contribution is -0.148. The van der Waals surface area contributed by atoms with E-state index in [1.54, 1.807) is 0 Å². The maximum atomic E-state index is 13.0. The molecule has 31 heavy (non-hydrogen) atoms. The lowest BCUT2D eigenvalue weighted by Crippen LogP contribution is -2.42. The fourth-order valence-electron chi connectivity index (χ4n) is 4.01. The van der Waals surface area contributed by atoms with Gasteiger partial charge in [0.2, 0.25) is 11.7 Å². The van der Waals surface area contributed by atoms with Gasteiger partial charge in [0, 0.05) is 42.7 Å². The molecule has 1 aliphatic rings. The second-order valence-electron chi connectivity index (χ2n) is 8.35. The number of carbonyl (C=O) groups excluding carboxylic acids is 1. The minimum Gasteiger partial charge on any atom is -0.361 e. The third-order valence-corrected chi connectivity index (χ3v) is 5.74. The highest BCUT2D eigenvalue weighted by molar-refractivity contribution is 5.84. The summed E-state index contributed by atoms with van der Waals surface area (Å²) in [5.41, 5.74) is 9.57. The molecule has 166 valence electrons. The normalized spacial score (nSPS) is 15.5. The highest BCUT2D eigenvalue weighted by atomic mass is 19.4. The van der Waals surface area contributed by atoms with Crippen molar-refractivity contribution in [1.29, 1.82) is 0 Å². The summed E-state index contributed by atoms with van der Waals surface area (Å²) >= 11 is 0. The van der Waals surface area contributed by atoms with Crippen LogP contribution in [-0.4, -0.2) is 43.1 Å². The zero-order chi connectivity index (χ0) is 22.3. The number of nitrogens with two attached hydrogens (primary N) is 1. The smallest absolute Gasteiger partial charge is 0.361 e. The van der Waals surface area contributed by atoms with Crippen LogP contribution in [0.1, 0.15) is 49.0 Å². The Labute approximate surface area is 177 Å². The van der Waals surface area contributed by atoms with E-state index in [1.165, 1.54) is 10.5 Å². The molecule has 10 heteroatoms. The van der Waals surface area contributed by atoms with Crippen molar-refractivity contribution in [2.45, 2.75) is 57.9 Å². The molecule has 0 saturated carbocycles. The fourth-order valence-corrected chi connectivity index (χ4v) is 4.01. The Balaban J connectivity index is 1.41. The van der Waals surface area contributed by atoms with Crippen LogP contribution >= 0.6 is 0 Å². The molecule has 1 unspecified atom stereocenters. The minimum absolute atomic E-state index is 0.000529. The van der Waals surface area contributed by atoms with Gasteiger partial charge < -0.3 is 20.2 Å². The first kappa shape index (κ1) is 21.4. The number of rotatable bonds is 5. The molecule has 1 atom stereocenters. The molecule has 0 saturated heterocycles. The van der Waals surface area contributed by atoms with E-state index in [0.29, 0.717) is 12.3 Å². The predicted octanol–water partition coefficient (Wildman–Crippen LogP) is 3.20. The highest BCUT2D eigenvalue weighted by Crippen LogP contribution is 2.30. The van der Waals surface area contributed by atoms with Crippen molar-refractivity contribution in [2.24, 2.45) is 5.73 Å². The van der Waals surface area contributed by atoms with E-state index in [9.17, 15) is 18.0 Å². The fraction of sp³-hybridized carbons (Fsp3) is 0.476. The molecule has 1 amide bonds. The van der Waals surface area contributed by atoms with Crippen LogP contribution in [0.5, 0.6) is 0 Å². The van der Waals surface area contributed by atoms with Crippen molar-refractivity contribution < 1.29 is 18.0 Å². The van der Waals surface area contributed by atoms with E-state index < -0.39 is 18.0 Å². The largest absolute Gasteiger partial charge is 0.451 e. The molecule has 0 radical (unpaired) electrons. The van der Waals surface area contributed by atoms with Gasteiger partial charge in [0.25, 0.3) is 0 Å². The lowest BCUT2D eigenvalue weighted by Gasteiger charge is -2.29. The predicted molar refractivity (Wildman–Crippen MR) is 109 cm³/mol. The molecule has 3 heterocycles. The van der Waals surface area contributed by atoms with Gasteiger partial charge in [-0.2, -0.15) is 13.2 Å². The van der Waals surface area contributed by atoms with Gasteiger partial charge in [-0.1, -0.05) is 19.9 Å². The summed E-state index contributed by atoms with van der Waals surface area (Å²) in [6, 6.07) is 5.88. The summed E-state index contributed by atoms with van der Waals surface area (Å²) < 4.78 is 40.0. The molecule has 0 bridgehead atoms. The summed E-state index contributed by atoms with van der Waals surface area (Å²) in [4.78, 5) is 17.5. The number of alkyl halides is 3. The molecular formula is C21H25F3N6O. The molecule has 1 aromatic carbocycles. The first-order valence-corrected chi connectivity index (χ1v) is 10.3. The Hall–Kier alpha value is -2.88. The summed E-state index contributed by atoms with van der Waals surface area (Å²) in [6.45, 7) is 4.45.